The molecule has 4 nitrogen and oxygen atoms in total. The Bertz CT molecular complexity index is 765. The molecule has 150 valence electrons. The molecule has 2 aromatic carbocycles. The van der Waals surface area contributed by atoms with Crippen LogP contribution in [0.1, 0.15) is 29.9 Å². The van der Waals surface area contributed by atoms with Gasteiger partial charge in [-0.2, -0.15) is 0 Å². The molecule has 0 aromatic heterocycles. The summed E-state index contributed by atoms with van der Waals surface area (Å²) < 4.78 is 18.3. The molecule has 2 fully saturated rings. The maximum absolute atomic E-state index is 13.1. The summed E-state index contributed by atoms with van der Waals surface area (Å²) in [6, 6.07) is 15.4. The lowest BCUT2D eigenvalue weighted by Crippen LogP contribution is -2.48. The standard InChI is InChI=1S/C23H29FN2O2/c1-28-21-8-4-18(5-9-21)22-11-13-26(16-23(22)27)20-10-12-25(15-20)14-17-2-6-19(24)7-3-17/h2-9,20,22-23,27H,10-16H2,1H3/t20-,22-,23+/m1/s1. The second-order valence-corrected chi connectivity index (χ2v) is 8.03. The maximum Gasteiger partial charge on any atom is 0.123 e. The smallest absolute Gasteiger partial charge is 0.123 e. The fourth-order valence-corrected chi connectivity index (χ4v) is 4.63. The van der Waals surface area contributed by atoms with Crippen molar-refractivity contribution in [1.29, 1.82) is 0 Å². The van der Waals surface area contributed by atoms with Crippen LogP contribution < -0.4 is 4.74 Å². The Labute approximate surface area is 166 Å². The number of likely N-dealkylation sites (tertiary alicyclic amines) is 2. The fraction of sp³-hybridized carbons (Fsp3) is 0.478. The number of aliphatic hydroxyl groups is 1. The van der Waals surface area contributed by atoms with Gasteiger partial charge in [-0.15, -0.1) is 0 Å². The van der Waals surface area contributed by atoms with E-state index in [4.69, 9.17) is 4.74 Å². The molecule has 0 bridgehead atoms. The van der Waals surface area contributed by atoms with E-state index in [0.717, 1.165) is 56.9 Å². The summed E-state index contributed by atoms with van der Waals surface area (Å²) in [4.78, 5) is 4.88. The molecule has 2 saturated heterocycles. The monoisotopic (exact) mass is 384 g/mol. The van der Waals surface area contributed by atoms with Gasteiger partial charge in [-0.25, -0.2) is 4.39 Å². The molecule has 0 aliphatic carbocycles. The number of aliphatic hydroxyl groups excluding tert-OH is 1. The van der Waals surface area contributed by atoms with Crippen LogP contribution in [0.2, 0.25) is 0 Å². The number of piperidine rings is 1. The van der Waals surface area contributed by atoms with Crippen LogP contribution in [-0.2, 0) is 6.54 Å². The average Bonchev–Trinajstić information content (AvgIpc) is 3.18. The van der Waals surface area contributed by atoms with Gasteiger partial charge in [-0.3, -0.25) is 9.80 Å². The number of nitrogens with zero attached hydrogens (tertiary/aromatic N) is 2. The highest BCUT2D eigenvalue weighted by atomic mass is 19.1. The predicted octanol–water partition coefficient (Wildman–Crippen LogP) is 3.26. The molecule has 28 heavy (non-hydrogen) atoms. The lowest BCUT2D eigenvalue weighted by Gasteiger charge is -2.39. The van der Waals surface area contributed by atoms with Crippen molar-refractivity contribution in [3.8, 4) is 5.75 Å². The van der Waals surface area contributed by atoms with Crippen LogP contribution >= 0.6 is 0 Å². The quantitative estimate of drug-likeness (QED) is 0.858. The van der Waals surface area contributed by atoms with Gasteiger partial charge in [0.1, 0.15) is 11.6 Å². The molecule has 2 aliphatic heterocycles. The van der Waals surface area contributed by atoms with Crippen molar-refractivity contribution < 1.29 is 14.2 Å². The Morgan fingerprint density at radius 3 is 2.43 bits per heavy atom. The van der Waals surface area contributed by atoms with Gasteiger partial charge < -0.3 is 9.84 Å². The van der Waals surface area contributed by atoms with Crippen LogP contribution in [0.5, 0.6) is 5.75 Å². The van der Waals surface area contributed by atoms with Crippen molar-refractivity contribution in [2.45, 2.75) is 37.5 Å². The first-order valence-electron chi connectivity index (χ1n) is 10.2. The third-order valence-corrected chi connectivity index (χ3v) is 6.24. The minimum Gasteiger partial charge on any atom is -0.497 e. The van der Waals surface area contributed by atoms with Crippen molar-refractivity contribution in [3.05, 3.63) is 65.5 Å². The summed E-state index contributed by atoms with van der Waals surface area (Å²) in [6.07, 6.45) is 1.76. The van der Waals surface area contributed by atoms with Gasteiger partial charge in [-0.05, 0) is 54.8 Å². The zero-order valence-electron chi connectivity index (χ0n) is 16.4. The molecule has 2 aromatic rings. The summed E-state index contributed by atoms with van der Waals surface area (Å²) in [5, 5.41) is 10.8. The highest BCUT2D eigenvalue weighted by Crippen LogP contribution is 2.32. The largest absolute Gasteiger partial charge is 0.497 e. The molecule has 2 heterocycles. The van der Waals surface area contributed by atoms with Gasteiger partial charge in [-0.1, -0.05) is 24.3 Å². The molecule has 2 aliphatic rings. The van der Waals surface area contributed by atoms with Gasteiger partial charge in [0.25, 0.3) is 0 Å². The van der Waals surface area contributed by atoms with Crippen LogP contribution in [0.3, 0.4) is 0 Å². The Balaban J connectivity index is 1.31. The van der Waals surface area contributed by atoms with E-state index in [1.165, 1.54) is 17.7 Å². The summed E-state index contributed by atoms with van der Waals surface area (Å²) in [6.45, 7) is 4.67. The molecular formula is C23H29FN2O2. The molecule has 0 amide bonds. The molecule has 0 spiro atoms. The molecule has 0 saturated carbocycles. The van der Waals surface area contributed by atoms with E-state index in [1.807, 2.05) is 24.3 Å². The number of methoxy groups -OCH3 is 1. The summed E-state index contributed by atoms with van der Waals surface area (Å²) in [5.41, 5.74) is 2.35. The lowest BCUT2D eigenvalue weighted by molar-refractivity contribution is 0.0312. The van der Waals surface area contributed by atoms with Crippen molar-refractivity contribution in [2.75, 3.05) is 33.3 Å². The van der Waals surface area contributed by atoms with E-state index in [2.05, 4.69) is 21.9 Å². The number of ether oxygens (including phenoxy) is 1. The van der Waals surface area contributed by atoms with Gasteiger partial charge in [0, 0.05) is 38.1 Å². The minimum atomic E-state index is -0.340. The molecule has 1 N–H and O–H groups in total. The second-order valence-electron chi connectivity index (χ2n) is 8.03. The molecular weight excluding hydrogens is 355 g/mol. The highest BCUT2D eigenvalue weighted by Gasteiger charge is 2.35. The van der Waals surface area contributed by atoms with E-state index in [9.17, 15) is 9.50 Å². The van der Waals surface area contributed by atoms with Crippen molar-refractivity contribution in [1.82, 2.24) is 9.80 Å². The molecule has 3 atom stereocenters. The van der Waals surface area contributed by atoms with E-state index in [-0.39, 0.29) is 17.8 Å². The van der Waals surface area contributed by atoms with E-state index < -0.39 is 0 Å². The van der Waals surface area contributed by atoms with Crippen molar-refractivity contribution >= 4 is 0 Å². The number of halogens is 1. The number of rotatable bonds is 5. The van der Waals surface area contributed by atoms with Gasteiger partial charge >= 0.3 is 0 Å². The highest BCUT2D eigenvalue weighted by molar-refractivity contribution is 5.30. The zero-order valence-corrected chi connectivity index (χ0v) is 16.4. The van der Waals surface area contributed by atoms with Crippen LogP contribution in [0.25, 0.3) is 0 Å². The first-order valence-corrected chi connectivity index (χ1v) is 10.2. The van der Waals surface area contributed by atoms with Crippen LogP contribution in [0.4, 0.5) is 4.39 Å². The third kappa shape index (κ3) is 4.37. The maximum atomic E-state index is 13.1. The second kappa shape index (κ2) is 8.60. The minimum absolute atomic E-state index is 0.184. The fourth-order valence-electron chi connectivity index (χ4n) is 4.63. The van der Waals surface area contributed by atoms with Gasteiger partial charge in [0.15, 0.2) is 0 Å². The third-order valence-electron chi connectivity index (χ3n) is 6.24. The first-order chi connectivity index (χ1) is 13.6. The average molecular weight is 384 g/mol. The Morgan fingerprint density at radius 1 is 1.00 bits per heavy atom. The Hall–Kier alpha value is -1.95. The first kappa shape index (κ1) is 19.4. The Morgan fingerprint density at radius 2 is 1.75 bits per heavy atom. The number of β-amino-alcohol motifs (C(OH)–C–C–N with tert-alkyl or cyclic N) is 1. The van der Waals surface area contributed by atoms with Gasteiger partial charge in [0.2, 0.25) is 0 Å². The summed E-state index contributed by atoms with van der Waals surface area (Å²) >= 11 is 0. The topological polar surface area (TPSA) is 35.9 Å². The van der Waals surface area contributed by atoms with Crippen molar-refractivity contribution in [2.24, 2.45) is 0 Å². The summed E-state index contributed by atoms with van der Waals surface area (Å²) in [7, 11) is 1.67. The van der Waals surface area contributed by atoms with Crippen LogP contribution in [0, 0.1) is 5.82 Å². The lowest BCUT2D eigenvalue weighted by atomic mass is 9.86. The van der Waals surface area contributed by atoms with Crippen molar-refractivity contribution in [3.63, 3.8) is 0 Å². The predicted molar refractivity (Wildman–Crippen MR) is 108 cm³/mol. The normalized spacial score (nSPS) is 26.5. The zero-order chi connectivity index (χ0) is 19.5. The Kier molecular flexibility index (Phi) is 5.95. The number of hydrogen-bond acceptors (Lipinski definition) is 4. The number of hydrogen-bond donors (Lipinski definition) is 1. The van der Waals surface area contributed by atoms with E-state index in [0.29, 0.717) is 6.04 Å². The van der Waals surface area contributed by atoms with Crippen LogP contribution in [-0.4, -0.2) is 60.3 Å². The molecule has 5 heteroatoms. The van der Waals surface area contributed by atoms with E-state index >= 15 is 0 Å². The van der Waals surface area contributed by atoms with Gasteiger partial charge in [0.05, 0.1) is 13.2 Å². The molecule has 0 unspecified atom stereocenters. The van der Waals surface area contributed by atoms with E-state index in [1.54, 1.807) is 7.11 Å². The molecule has 4 rings (SSSR count). The van der Waals surface area contributed by atoms with Crippen LogP contribution in [0.15, 0.2) is 48.5 Å². The SMILES string of the molecule is COc1ccc([C@H]2CCN([C@@H]3CCN(Cc4ccc(F)cc4)C3)C[C@@H]2O)cc1. The summed E-state index contributed by atoms with van der Waals surface area (Å²) in [5.74, 6) is 0.860. The molecule has 0 radical (unpaired) electrons. The number of benzene rings is 2.